The number of hydrogen-bond donors (Lipinski definition) is 3. The highest BCUT2D eigenvalue weighted by Crippen LogP contribution is 2.32. The molecule has 1 aromatic carbocycles. The maximum Gasteiger partial charge on any atom is 0.252 e. The van der Waals surface area contributed by atoms with Crippen molar-refractivity contribution in [1.29, 1.82) is 0 Å². The average molecular weight is 485 g/mol. The summed E-state index contributed by atoms with van der Waals surface area (Å²) in [6.07, 6.45) is 5.23. The van der Waals surface area contributed by atoms with Gasteiger partial charge < -0.3 is 16.4 Å². The number of sulfonamides is 1. The average Bonchev–Trinajstić information content (AvgIpc) is 3.43. The van der Waals surface area contributed by atoms with Crippen LogP contribution < -0.4 is 16.4 Å². The number of carbonyl (C=O) groups is 2. The van der Waals surface area contributed by atoms with Gasteiger partial charge in [-0.05, 0) is 29.7 Å². The summed E-state index contributed by atoms with van der Waals surface area (Å²) in [7, 11) is -1.75. The van der Waals surface area contributed by atoms with Crippen molar-refractivity contribution < 1.29 is 18.0 Å². The third-order valence-corrected chi connectivity index (χ3v) is 7.58. The molecule has 34 heavy (non-hydrogen) atoms. The Morgan fingerprint density at radius 2 is 1.88 bits per heavy atom. The van der Waals surface area contributed by atoms with Gasteiger partial charge in [-0.25, -0.2) is 12.9 Å². The Bertz CT molecular complexity index is 1350. The summed E-state index contributed by atoms with van der Waals surface area (Å²) < 4.78 is 27.3. The zero-order chi connectivity index (χ0) is 24.6. The van der Waals surface area contributed by atoms with E-state index in [0.717, 1.165) is 17.5 Å². The van der Waals surface area contributed by atoms with E-state index in [1.54, 1.807) is 23.7 Å². The van der Waals surface area contributed by atoms with Crippen molar-refractivity contribution in [2.24, 2.45) is 11.7 Å². The van der Waals surface area contributed by atoms with E-state index in [1.165, 1.54) is 16.8 Å². The van der Waals surface area contributed by atoms with Crippen LogP contribution in [0.4, 0.5) is 5.69 Å². The van der Waals surface area contributed by atoms with Crippen LogP contribution >= 0.6 is 0 Å². The number of amides is 2. The van der Waals surface area contributed by atoms with Crippen LogP contribution in [0.1, 0.15) is 34.1 Å². The number of carbonyl (C=O) groups excluding carboxylic acids is 2. The number of nitrogens with one attached hydrogen (secondary N) is 2. The molecule has 10 nitrogen and oxygen atoms in total. The molecule has 0 unspecified atom stereocenters. The number of hydrogen-bond acceptors (Lipinski definition) is 6. The van der Waals surface area contributed by atoms with Crippen molar-refractivity contribution in [3.63, 3.8) is 0 Å². The predicted octanol–water partition coefficient (Wildman–Crippen LogP) is 1.54. The number of rotatable bonds is 7. The third-order valence-electron chi connectivity index (χ3n) is 6.34. The zero-order valence-electron chi connectivity index (χ0n) is 19.3. The molecule has 0 radical (unpaired) electrons. The fourth-order valence-electron chi connectivity index (χ4n) is 4.38. The van der Waals surface area contributed by atoms with Crippen LogP contribution in [-0.2, 0) is 10.0 Å². The van der Waals surface area contributed by atoms with E-state index >= 15 is 0 Å². The number of fused-ring (bicyclic) bond motifs is 1. The maximum atomic E-state index is 12.2. The minimum absolute atomic E-state index is 0.0790. The highest BCUT2D eigenvalue weighted by atomic mass is 32.2. The van der Waals surface area contributed by atoms with Gasteiger partial charge >= 0.3 is 0 Å². The van der Waals surface area contributed by atoms with Gasteiger partial charge in [-0.1, -0.05) is 25.5 Å². The van der Waals surface area contributed by atoms with Gasteiger partial charge in [0.15, 0.2) is 0 Å². The fourth-order valence-corrected chi connectivity index (χ4v) is 5.27. The van der Waals surface area contributed by atoms with Crippen LogP contribution in [0, 0.1) is 5.92 Å². The van der Waals surface area contributed by atoms with Gasteiger partial charge in [-0.2, -0.15) is 9.40 Å². The lowest BCUT2D eigenvalue weighted by Gasteiger charge is -2.21. The number of primary amides is 1. The molecule has 2 aromatic heterocycles. The molecule has 0 bridgehead atoms. The highest BCUT2D eigenvalue weighted by Gasteiger charge is 2.36. The normalized spacial score (nSPS) is 18.8. The molecule has 0 spiro atoms. The van der Waals surface area contributed by atoms with E-state index in [9.17, 15) is 18.0 Å². The molecule has 0 saturated carbocycles. The minimum Gasteiger partial charge on any atom is -0.378 e. The van der Waals surface area contributed by atoms with Crippen molar-refractivity contribution in [1.82, 2.24) is 19.2 Å². The molecule has 0 aliphatic carbocycles. The molecule has 2 amide bonds. The molecule has 3 heterocycles. The third kappa shape index (κ3) is 4.48. The Morgan fingerprint density at radius 1 is 1.18 bits per heavy atom. The van der Waals surface area contributed by atoms with Gasteiger partial charge in [0, 0.05) is 43.5 Å². The lowest BCUT2D eigenvalue weighted by Crippen LogP contribution is -2.32. The lowest BCUT2D eigenvalue weighted by atomic mass is 10.00. The molecule has 1 aliphatic heterocycles. The molecule has 11 heteroatoms. The molecule has 1 saturated heterocycles. The van der Waals surface area contributed by atoms with E-state index in [0.29, 0.717) is 29.9 Å². The first kappa shape index (κ1) is 23.7. The number of nitrogens with zero attached hydrogens (tertiary/aromatic N) is 3. The van der Waals surface area contributed by atoms with Gasteiger partial charge in [0.25, 0.3) is 11.8 Å². The largest absolute Gasteiger partial charge is 0.378 e. The monoisotopic (exact) mass is 484 g/mol. The van der Waals surface area contributed by atoms with Gasteiger partial charge in [0.05, 0.1) is 29.2 Å². The standard InChI is InChI=1S/C23H28N6O4S/c1-4-14-11-28(34(3,32)33)13-19(14)27-21-18(22(24)30)10-26-29-12-17(9-20(21)29)15-5-7-16(8-6-15)23(31)25-2/h5-10,12,14,19,27H,4,11,13H2,1-3H3,(H2,24,30)(H,25,31)/t14-,19-/m1/s1. The van der Waals surface area contributed by atoms with Crippen molar-refractivity contribution in [3.8, 4) is 11.1 Å². The Balaban J connectivity index is 1.74. The number of aromatic nitrogens is 2. The summed E-state index contributed by atoms with van der Waals surface area (Å²) in [4.78, 5) is 24.0. The van der Waals surface area contributed by atoms with Crippen molar-refractivity contribution >= 4 is 33.0 Å². The number of anilines is 1. The molecule has 1 aliphatic rings. The predicted molar refractivity (Wildman–Crippen MR) is 130 cm³/mol. The van der Waals surface area contributed by atoms with Crippen molar-refractivity contribution in [3.05, 3.63) is 53.9 Å². The first-order chi connectivity index (χ1) is 16.1. The van der Waals surface area contributed by atoms with E-state index in [2.05, 4.69) is 15.7 Å². The van der Waals surface area contributed by atoms with Gasteiger partial charge in [-0.15, -0.1) is 0 Å². The molecular formula is C23H28N6O4S. The summed E-state index contributed by atoms with van der Waals surface area (Å²) in [5.74, 6) is -0.713. The quantitative estimate of drug-likeness (QED) is 0.465. The summed E-state index contributed by atoms with van der Waals surface area (Å²) in [5.41, 5.74) is 9.32. The minimum atomic E-state index is -3.33. The van der Waals surface area contributed by atoms with Gasteiger partial charge in [-0.3, -0.25) is 9.59 Å². The Morgan fingerprint density at radius 3 is 2.47 bits per heavy atom. The first-order valence-corrected chi connectivity index (χ1v) is 12.8. The molecule has 2 atom stereocenters. The van der Waals surface area contributed by atoms with Crippen LogP contribution in [-0.4, -0.2) is 66.6 Å². The first-order valence-electron chi connectivity index (χ1n) is 11.0. The zero-order valence-corrected chi connectivity index (χ0v) is 20.1. The van der Waals surface area contributed by atoms with Crippen LogP contribution in [0.15, 0.2) is 42.7 Å². The fraction of sp³-hybridized carbons (Fsp3) is 0.348. The molecule has 4 N–H and O–H groups in total. The molecular weight excluding hydrogens is 456 g/mol. The number of benzene rings is 1. The summed E-state index contributed by atoms with van der Waals surface area (Å²) in [6, 6.07) is 8.87. The van der Waals surface area contributed by atoms with Crippen LogP contribution in [0.2, 0.25) is 0 Å². The van der Waals surface area contributed by atoms with E-state index in [4.69, 9.17) is 5.73 Å². The molecule has 3 aromatic rings. The van der Waals surface area contributed by atoms with E-state index in [1.807, 2.05) is 31.3 Å². The topological polar surface area (TPSA) is 139 Å². The van der Waals surface area contributed by atoms with Gasteiger partial charge in [0.2, 0.25) is 10.0 Å². The summed E-state index contributed by atoms with van der Waals surface area (Å²) in [5, 5.41) is 10.3. The second kappa shape index (κ2) is 9.07. The smallest absolute Gasteiger partial charge is 0.252 e. The van der Waals surface area contributed by atoms with Gasteiger partial charge in [0.1, 0.15) is 0 Å². The van der Waals surface area contributed by atoms with Crippen LogP contribution in [0.3, 0.4) is 0 Å². The Labute approximate surface area is 198 Å². The molecule has 180 valence electrons. The van der Waals surface area contributed by atoms with Crippen LogP contribution in [0.5, 0.6) is 0 Å². The molecule has 4 rings (SSSR count). The molecule has 1 fully saturated rings. The lowest BCUT2D eigenvalue weighted by molar-refractivity contribution is 0.0961. The van der Waals surface area contributed by atoms with Crippen molar-refractivity contribution in [2.45, 2.75) is 19.4 Å². The number of nitrogens with two attached hydrogens (primary N) is 1. The Hall–Kier alpha value is -3.44. The second-order valence-electron chi connectivity index (χ2n) is 8.51. The van der Waals surface area contributed by atoms with E-state index < -0.39 is 15.9 Å². The highest BCUT2D eigenvalue weighted by molar-refractivity contribution is 7.88. The van der Waals surface area contributed by atoms with E-state index in [-0.39, 0.29) is 23.4 Å². The second-order valence-corrected chi connectivity index (χ2v) is 10.5. The summed E-state index contributed by atoms with van der Waals surface area (Å²) >= 11 is 0. The summed E-state index contributed by atoms with van der Waals surface area (Å²) in [6.45, 7) is 2.74. The maximum absolute atomic E-state index is 12.2. The Kier molecular flexibility index (Phi) is 6.32. The van der Waals surface area contributed by atoms with Crippen molar-refractivity contribution in [2.75, 3.05) is 31.7 Å². The SMILES string of the molecule is CC[C@@H]1CN(S(C)(=O)=O)C[C@H]1Nc1c(C(N)=O)cnn2cc(-c3ccc(C(=O)NC)cc3)cc12. The van der Waals surface area contributed by atoms with Crippen LogP contribution in [0.25, 0.3) is 16.6 Å².